The minimum absolute atomic E-state index is 0.0212. The van der Waals surface area contributed by atoms with Gasteiger partial charge in [-0.15, -0.1) is 11.8 Å². The monoisotopic (exact) mass is 378 g/mol. The fourth-order valence-corrected chi connectivity index (χ4v) is 5.48. The largest absolute Gasteiger partial charge is 0.469 e. The first kappa shape index (κ1) is 19.5. The highest BCUT2D eigenvalue weighted by molar-refractivity contribution is 8.01. The van der Waals surface area contributed by atoms with Crippen LogP contribution >= 0.6 is 11.8 Å². The number of ether oxygens (including phenoxy) is 1. The van der Waals surface area contributed by atoms with Crippen molar-refractivity contribution in [3.05, 3.63) is 60.2 Å². The molecular formula is C19H22O4S2. The third-order valence-electron chi connectivity index (χ3n) is 3.73. The van der Waals surface area contributed by atoms with Crippen LogP contribution in [0.2, 0.25) is 0 Å². The first-order chi connectivity index (χ1) is 11.9. The molecule has 0 fully saturated rings. The number of rotatable bonds is 8. The summed E-state index contributed by atoms with van der Waals surface area (Å²) in [6.07, 6.45) is 0.641. The zero-order valence-electron chi connectivity index (χ0n) is 14.3. The van der Waals surface area contributed by atoms with Crippen molar-refractivity contribution in [1.82, 2.24) is 0 Å². The van der Waals surface area contributed by atoms with Crippen LogP contribution in [0.5, 0.6) is 0 Å². The second-order valence-electron chi connectivity index (χ2n) is 5.76. The van der Waals surface area contributed by atoms with E-state index in [0.29, 0.717) is 11.3 Å². The molecular weight excluding hydrogens is 356 g/mol. The van der Waals surface area contributed by atoms with Gasteiger partial charge in [0.25, 0.3) is 0 Å². The van der Waals surface area contributed by atoms with Crippen molar-refractivity contribution in [2.24, 2.45) is 0 Å². The summed E-state index contributed by atoms with van der Waals surface area (Å²) in [5.74, 6) is -0.349. The van der Waals surface area contributed by atoms with Gasteiger partial charge in [0.15, 0.2) is 9.84 Å². The number of carbonyl (C=O) groups excluding carboxylic acids is 1. The van der Waals surface area contributed by atoms with E-state index in [0.717, 1.165) is 10.5 Å². The number of sulfone groups is 1. The number of aryl methyl sites for hydroxylation is 1. The minimum Gasteiger partial charge on any atom is -0.469 e. The fraction of sp³-hybridized carbons (Fsp3) is 0.316. The molecule has 0 radical (unpaired) electrons. The quantitative estimate of drug-likeness (QED) is 0.515. The number of benzene rings is 2. The number of hydrogen-bond acceptors (Lipinski definition) is 5. The van der Waals surface area contributed by atoms with Gasteiger partial charge in [0.1, 0.15) is 0 Å². The summed E-state index contributed by atoms with van der Waals surface area (Å²) in [4.78, 5) is 12.8. The molecule has 1 atom stereocenters. The van der Waals surface area contributed by atoms with Gasteiger partial charge >= 0.3 is 5.97 Å². The van der Waals surface area contributed by atoms with Crippen molar-refractivity contribution in [2.75, 3.05) is 12.9 Å². The summed E-state index contributed by atoms with van der Waals surface area (Å²) in [5, 5.41) is -0.229. The molecule has 2 aromatic rings. The molecule has 0 aliphatic carbocycles. The van der Waals surface area contributed by atoms with Crippen molar-refractivity contribution in [1.29, 1.82) is 0 Å². The van der Waals surface area contributed by atoms with E-state index in [4.69, 9.17) is 0 Å². The van der Waals surface area contributed by atoms with Crippen molar-refractivity contribution in [3.8, 4) is 0 Å². The minimum atomic E-state index is -3.42. The molecule has 6 heteroatoms. The van der Waals surface area contributed by atoms with Gasteiger partial charge in [0.05, 0.1) is 17.8 Å². The summed E-state index contributed by atoms with van der Waals surface area (Å²) in [6, 6.07) is 16.5. The highest BCUT2D eigenvalue weighted by Crippen LogP contribution is 2.29. The van der Waals surface area contributed by atoms with Crippen molar-refractivity contribution < 1.29 is 17.9 Å². The predicted molar refractivity (Wildman–Crippen MR) is 101 cm³/mol. The lowest BCUT2D eigenvalue weighted by Gasteiger charge is -2.16. The van der Waals surface area contributed by atoms with E-state index in [1.54, 1.807) is 24.3 Å². The molecule has 2 aromatic carbocycles. The van der Waals surface area contributed by atoms with Gasteiger partial charge in [-0.05, 0) is 37.6 Å². The maximum atomic E-state index is 12.7. The van der Waals surface area contributed by atoms with Gasteiger partial charge in [-0.2, -0.15) is 0 Å². The van der Waals surface area contributed by atoms with E-state index in [2.05, 4.69) is 4.74 Å². The third-order valence-corrected chi connectivity index (χ3v) is 7.05. The average Bonchev–Trinajstić information content (AvgIpc) is 2.60. The average molecular weight is 379 g/mol. The first-order valence-corrected chi connectivity index (χ1v) is 10.5. The molecule has 0 aliphatic heterocycles. The van der Waals surface area contributed by atoms with Gasteiger partial charge in [-0.1, -0.05) is 35.9 Å². The Morgan fingerprint density at radius 2 is 1.72 bits per heavy atom. The van der Waals surface area contributed by atoms with Crippen LogP contribution in [0, 0.1) is 6.92 Å². The van der Waals surface area contributed by atoms with E-state index in [1.165, 1.54) is 18.9 Å². The SMILES string of the molecule is COC(=O)CCC(CS(=O)(=O)c1ccc(C)cc1)Sc1ccccc1. The second kappa shape index (κ2) is 9.06. The molecule has 1 unspecified atom stereocenters. The lowest BCUT2D eigenvalue weighted by molar-refractivity contribution is -0.140. The standard InChI is InChI=1S/C19H22O4S2/c1-15-8-11-18(12-9-15)25(21,22)14-17(10-13-19(20)23-2)24-16-6-4-3-5-7-16/h3-9,11-12,17H,10,13-14H2,1-2H3. The molecule has 0 N–H and O–H groups in total. The highest BCUT2D eigenvalue weighted by atomic mass is 32.2. The van der Waals surface area contributed by atoms with Crippen LogP contribution in [0.25, 0.3) is 0 Å². The molecule has 0 heterocycles. The Morgan fingerprint density at radius 1 is 1.08 bits per heavy atom. The number of hydrogen-bond donors (Lipinski definition) is 0. The van der Waals surface area contributed by atoms with Gasteiger partial charge in [0.2, 0.25) is 0 Å². The van der Waals surface area contributed by atoms with Crippen LogP contribution in [0.4, 0.5) is 0 Å². The molecule has 0 aromatic heterocycles. The van der Waals surface area contributed by atoms with Crippen molar-refractivity contribution >= 4 is 27.6 Å². The van der Waals surface area contributed by atoms with Gasteiger partial charge in [0, 0.05) is 16.6 Å². The Bertz CT molecular complexity index is 784. The third kappa shape index (κ3) is 6.21. The molecule has 0 aliphatic rings. The van der Waals surface area contributed by atoms with Gasteiger partial charge < -0.3 is 4.74 Å². The topological polar surface area (TPSA) is 60.4 Å². The lowest BCUT2D eigenvalue weighted by Crippen LogP contribution is -2.20. The summed E-state index contributed by atoms with van der Waals surface area (Å²) >= 11 is 1.48. The van der Waals surface area contributed by atoms with E-state index in [-0.39, 0.29) is 23.4 Å². The Labute approximate surface area is 153 Å². The zero-order chi connectivity index (χ0) is 18.3. The predicted octanol–water partition coefficient (Wildman–Crippen LogP) is 3.88. The number of esters is 1. The number of carbonyl (C=O) groups is 1. The molecule has 0 amide bonds. The summed E-state index contributed by atoms with van der Waals surface area (Å²) < 4.78 is 30.1. The van der Waals surface area contributed by atoms with Crippen molar-refractivity contribution in [3.63, 3.8) is 0 Å². The molecule has 25 heavy (non-hydrogen) atoms. The Hall–Kier alpha value is -1.79. The Kier molecular flexibility index (Phi) is 7.08. The van der Waals surface area contributed by atoms with E-state index in [1.807, 2.05) is 37.3 Å². The van der Waals surface area contributed by atoms with Crippen molar-refractivity contribution in [2.45, 2.75) is 34.8 Å². The van der Waals surface area contributed by atoms with Crippen LogP contribution in [-0.4, -0.2) is 32.5 Å². The van der Waals surface area contributed by atoms with Crippen LogP contribution in [0.1, 0.15) is 18.4 Å². The zero-order valence-corrected chi connectivity index (χ0v) is 16.0. The molecule has 4 nitrogen and oxygen atoms in total. The van der Waals surface area contributed by atoms with E-state index < -0.39 is 9.84 Å². The fourth-order valence-electron chi connectivity index (χ4n) is 2.34. The summed E-state index contributed by atoms with van der Waals surface area (Å²) in [7, 11) is -2.09. The Balaban J connectivity index is 2.15. The molecule has 0 bridgehead atoms. The van der Waals surface area contributed by atoms with Crippen LogP contribution in [-0.2, 0) is 19.4 Å². The molecule has 0 saturated carbocycles. The van der Waals surface area contributed by atoms with Gasteiger partial charge in [-0.25, -0.2) is 8.42 Å². The summed E-state index contributed by atoms with van der Waals surface area (Å²) in [6.45, 7) is 1.92. The Morgan fingerprint density at radius 3 is 2.32 bits per heavy atom. The number of thioether (sulfide) groups is 1. The second-order valence-corrected chi connectivity index (χ2v) is 9.17. The maximum Gasteiger partial charge on any atom is 0.305 e. The lowest BCUT2D eigenvalue weighted by atomic mass is 10.2. The summed E-state index contributed by atoms with van der Waals surface area (Å²) in [5.41, 5.74) is 1.01. The first-order valence-electron chi connectivity index (χ1n) is 7.98. The molecule has 2 rings (SSSR count). The smallest absolute Gasteiger partial charge is 0.305 e. The molecule has 0 spiro atoms. The molecule has 0 saturated heterocycles. The van der Waals surface area contributed by atoms with E-state index in [9.17, 15) is 13.2 Å². The maximum absolute atomic E-state index is 12.7. The number of methoxy groups -OCH3 is 1. The normalized spacial score (nSPS) is 12.6. The van der Waals surface area contributed by atoms with Crippen LogP contribution in [0.3, 0.4) is 0 Å². The van der Waals surface area contributed by atoms with Gasteiger partial charge in [-0.3, -0.25) is 4.79 Å². The van der Waals surface area contributed by atoms with Crippen LogP contribution in [0.15, 0.2) is 64.4 Å². The molecule has 134 valence electrons. The van der Waals surface area contributed by atoms with E-state index >= 15 is 0 Å². The van der Waals surface area contributed by atoms with Crippen LogP contribution < -0.4 is 0 Å². The highest BCUT2D eigenvalue weighted by Gasteiger charge is 2.23.